The highest BCUT2D eigenvalue weighted by Crippen LogP contribution is 2.10. The smallest absolute Gasteiger partial charge is 0.221 e. The molecule has 23 heavy (non-hydrogen) atoms. The first-order valence-corrected chi connectivity index (χ1v) is 9.01. The fourth-order valence-corrected chi connectivity index (χ4v) is 3.42. The molecule has 1 aliphatic rings. The fraction of sp³-hybridized carbons (Fsp3) is 0.632. The van der Waals surface area contributed by atoms with Gasteiger partial charge in [0.25, 0.3) is 0 Å². The predicted molar refractivity (Wildman–Crippen MR) is 95.5 cm³/mol. The molecular formula is C19H31N3O. The largest absolute Gasteiger partial charge is 0.354 e. The summed E-state index contributed by atoms with van der Waals surface area (Å²) < 4.78 is 0. The lowest BCUT2D eigenvalue weighted by Crippen LogP contribution is -2.45. The molecule has 0 spiro atoms. The Hall–Kier alpha value is -1.39. The minimum Gasteiger partial charge on any atom is -0.354 e. The van der Waals surface area contributed by atoms with Crippen LogP contribution in [0.2, 0.25) is 0 Å². The molecule has 1 fully saturated rings. The van der Waals surface area contributed by atoms with E-state index < -0.39 is 0 Å². The molecule has 1 aliphatic heterocycles. The van der Waals surface area contributed by atoms with Gasteiger partial charge in [-0.3, -0.25) is 9.69 Å². The standard InChI is InChI=1S/C19H31N3O/c1-3-22(4-2)18(13-16-9-6-5-7-10-16)15-21-19(23)14-17-11-8-12-20-17/h5-7,9-10,17-18,20H,3-4,8,11-15H2,1-2H3,(H,21,23). The molecule has 1 aromatic rings. The van der Waals surface area contributed by atoms with Crippen LogP contribution >= 0.6 is 0 Å². The Morgan fingerprint density at radius 2 is 2.04 bits per heavy atom. The van der Waals surface area contributed by atoms with Crippen LogP contribution in [0.4, 0.5) is 0 Å². The predicted octanol–water partition coefficient (Wildman–Crippen LogP) is 2.20. The number of likely N-dealkylation sites (N-methyl/N-ethyl adjacent to an activating group) is 1. The van der Waals surface area contributed by atoms with Gasteiger partial charge in [0.2, 0.25) is 5.91 Å². The summed E-state index contributed by atoms with van der Waals surface area (Å²) in [4.78, 5) is 14.6. The molecule has 0 bridgehead atoms. The van der Waals surface area contributed by atoms with Gasteiger partial charge in [0.15, 0.2) is 0 Å². The quantitative estimate of drug-likeness (QED) is 0.734. The highest BCUT2D eigenvalue weighted by molar-refractivity contribution is 5.76. The van der Waals surface area contributed by atoms with Crippen molar-refractivity contribution in [2.45, 2.75) is 51.6 Å². The molecule has 1 aromatic carbocycles. The number of hydrogen-bond donors (Lipinski definition) is 2. The van der Waals surface area contributed by atoms with Gasteiger partial charge < -0.3 is 10.6 Å². The normalized spacial score (nSPS) is 19.0. The Morgan fingerprint density at radius 3 is 2.65 bits per heavy atom. The van der Waals surface area contributed by atoms with E-state index in [0.717, 1.165) is 39.0 Å². The van der Waals surface area contributed by atoms with Crippen molar-refractivity contribution in [3.8, 4) is 0 Å². The monoisotopic (exact) mass is 317 g/mol. The van der Waals surface area contributed by atoms with Gasteiger partial charge in [0, 0.05) is 25.0 Å². The van der Waals surface area contributed by atoms with E-state index in [2.05, 4.69) is 53.6 Å². The van der Waals surface area contributed by atoms with Crippen molar-refractivity contribution in [3.63, 3.8) is 0 Å². The van der Waals surface area contributed by atoms with Crippen LogP contribution in [0.15, 0.2) is 30.3 Å². The van der Waals surface area contributed by atoms with Crippen LogP contribution < -0.4 is 10.6 Å². The highest BCUT2D eigenvalue weighted by atomic mass is 16.1. The molecule has 1 saturated heterocycles. The minimum atomic E-state index is 0.176. The Labute approximate surface area is 140 Å². The van der Waals surface area contributed by atoms with E-state index in [1.54, 1.807) is 0 Å². The molecule has 1 heterocycles. The summed E-state index contributed by atoms with van der Waals surface area (Å²) in [6.45, 7) is 8.16. The maximum Gasteiger partial charge on any atom is 0.221 e. The zero-order chi connectivity index (χ0) is 16.5. The van der Waals surface area contributed by atoms with Gasteiger partial charge in [-0.1, -0.05) is 44.2 Å². The van der Waals surface area contributed by atoms with Crippen LogP contribution in [0.25, 0.3) is 0 Å². The van der Waals surface area contributed by atoms with Crippen LogP contribution in [-0.4, -0.2) is 49.1 Å². The van der Waals surface area contributed by atoms with E-state index in [9.17, 15) is 4.79 Å². The van der Waals surface area contributed by atoms with Gasteiger partial charge in [-0.15, -0.1) is 0 Å². The summed E-state index contributed by atoms with van der Waals surface area (Å²) in [5.41, 5.74) is 1.33. The number of carbonyl (C=O) groups excluding carboxylic acids is 1. The SMILES string of the molecule is CCN(CC)C(CNC(=O)CC1CCCN1)Cc1ccccc1. The van der Waals surface area contributed by atoms with Gasteiger partial charge in [-0.05, 0) is 44.5 Å². The third kappa shape index (κ3) is 5.96. The van der Waals surface area contributed by atoms with Crippen molar-refractivity contribution in [1.29, 1.82) is 0 Å². The van der Waals surface area contributed by atoms with Gasteiger partial charge >= 0.3 is 0 Å². The molecule has 2 N–H and O–H groups in total. The van der Waals surface area contributed by atoms with E-state index in [1.807, 2.05) is 6.07 Å². The van der Waals surface area contributed by atoms with Gasteiger partial charge in [-0.2, -0.15) is 0 Å². The summed E-state index contributed by atoms with van der Waals surface area (Å²) in [5.74, 6) is 0.176. The van der Waals surface area contributed by atoms with Crippen molar-refractivity contribution >= 4 is 5.91 Å². The van der Waals surface area contributed by atoms with E-state index in [4.69, 9.17) is 0 Å². The summed E-state index contributed by atoms with van der Waals surface area (Å²) in [6.07, 6.45) is 3.89. The van der Waals surface area contributed by atoms with Crippen molar-refractivity contribution in [2.24, 2.45) is 0 Å². The minimum absolute atomic E-state index is 0.176. The van der Waals surface area contributed by atoms with Crippen LogP contribution in [0.1, 0.15) is 38.7 Å². The number of benzene rings is 1. The topological polar surface area (TPSA) is 44.4 Å². The van der Waals surface area contributed by atoms with E-state index in [0.29, 0.717) is 18.5 Å². The van der Waals surface area contributed by atoms with Crippen LogP contribution in [0.3, 0.4) is 0 Å². The van der Waals surface area contributed by atoms with Crippen LogP contribution in [0.5, 0.6) is 0 Å². The van der Waals surface area contributed by atoms with E-state index in [1.165, 1.54) is 12.0 Å². The zero-order valence-corrected chi connectivity index (χ0v) is 14.6. The second kappa shape index (κ2) is 9.68. The average molecular weight is 317 g/mol. The van der Waals surface area contributed by atoms with Crippen LogP contribution in [-0.2, 0) is 11.2 Å². The molecule has 128 valence electrons. The highest BCUT2D eigenvalue weighted by Gasteiger charge is 2.20. The lowest BCUT2D eigenvalue weighted by atomic mass is 10.0. The Bertz CT molecular complexity index is 453. The first-order chi connectivity index (χ1) is 11.2. The Kier molecular flexibility index (Phi) is 7.56. The number of hydrogen-bond acceptors (Lipinski definition) is 3. The van der Waals surface area contributed by atoms with Crippen LogP contribution in [0, 0.1) is 0 Å². The summed E-state index contributed by atoms with van der Waals surface area (Å²) >= 11 is 0. The molecule has 4 nitrogen and oxygen atoms in total. The average Bonchev–Trinajstić information content (AvgIpc) is 3.07. The maximum atomic E-state index is 12.2. The van der Waals surface area contributed by atoms with Gasteiger partial charge in [0.1, 0.15) is 0 Å². The summed E-state index contributed by atoms with van der Waals surface area (Å²) in [6, 6.07) is 11.3. The van der Waals surface area contributed by atoms with Crippen molar-refractivity contribution < 1.29 is 4.79 Å². The molecule has 0 aliphatic carbocycles. The molecule has 0 aromatic heterocycles. The molecule has 4 heteroatoms. The second-order valence-corrected chi connectivity index (χ2v) is 6.37. The number of amides is 1. The van der Waals surface area contributed by atoms with Crippen molar-refractivity contribution in [1.82, 2.24) is 15.5 Å². The number of nitrogens with one attached hydrogen (secondary N) is 2. The second-order valence-electron chi connectivity index (χ2n) is 6.37. The molecule has 1 amide bonds. The summed E-state index contributed by atoms with van der Waals surface area (Å²) in [5, 5.41) is 6.55. The number of rotatable bonds is 9. The van der Waals surface area contributed by atoms with Gasteiger partial charge in [-0.25, -0.2) is 0 Å². The maximum absolute atomic E-state index is 12.2. The van der Waals surface area contributed by atoms with E-state index in [-0.39, 0.29) is 5.91 Å². The third-order valence-electron chi connectivity index (χ3n) is 4.77. The molecule has 0 radical (unpaired) electrons. The molecule has 0 saturated carbocycles. The number of nitrogens with zero attached hydrogens (tertiary/aromatic N) is 1. The van der Waals surface area contributed by atoms with Crippen molar-refractivity contribution in [2.75, 3.05) is 26.2 Å². The van der Waals surface area contributed by atoms with Gasteiger partial charge in [0.05, 0.1) is 0 Å². The van der Waals surface area contributed by atoms with Crippen molar-refractivity contribution in [3.05, 3.63) is 35.9 Å². The first kappa shape index (κ1) is 18.0. The zero-order valence-electron chi connectivity index (χ0n) is 14.6. The Morgan fingerprint density at radius 1 is 1.30 bits per heavy atom. The summed E-state index contributed by atoms with van der Waals surface area (Å²) in [7, 11) is 0. The fourth-order valence-electron chi connectivity index (χ4n) is 3.42. The first-order valence-electron chi connectivity index (χ1n) is 9.01. The number of carbonyl (C=O) groups is 1. The third-order valence-corrected chi connectivity index (χ3v) is 4.77. The lowest BCUT2D eigenvalue weighted by molar-refractivity contribution is -0.121. The molecule has 2 rings (SSSR count). The molecular weight excluding hydrogens is 286 g/mol. The molecule has 2 unspecified atom stereocenters. The Balaban J connectivity index is 1.87. The molecule has 2 atom stereocenters. The van der Waals surface area contributed by atoms with E-state index >= 15 is 0 Å². The lowest BCUT2D eigenvalue weighted by Gasteiger charge is -2.30.